The lowest BCUT2D eigenvalue weighted by atomic mass is 10.2. The second-order valence-electron chi connectivity index (χ2n) is 5.70. The number of carbonyl (C=O) groups is 1. The zero-order valence-electron chi connectivity index (χ0n) is 13.6. The Morgan fingerprint density at radius 1 is 1.24 bits per heavy atom. The molecule has 134 valence electrons. The van der Waals surface area contributed by atoms with Crippen LogP contribution >= 0.6 is 11.8 Å². The Balaban J connectivity index is 1.45. The zero-order valence-corrected chi connectivity index (χ0v) is 14.4. The van der Waals surface area contributed by atoms with E-state index in [0.717, 1.165) is 30.7 Å². The van der Waals surface area contributed by atoms with Gasteiger partial charge >= 0.3 is 0 Å². The molecule has 0 atom stereocenters. The van der Waals surface area contributed by atoms with Crippen molar-refractivity contribution in [1.29, 1.82) is 0 Å². The lowest BCUT2D eigenvalue weighted by Crippen LogP contribution is -2.38. The van der Waals surface area contributed by atoms with E-state index >= 15 is 0 Å². The summed E-state index contributed by atoms with van der Waals surface area (Å²) in [6.07, 6.45) is 1.64. The van der Waals surface area contributed by atoms with Gasteiger partial charge in [-0.15, -0.1) is 5.10 Å². The molecule has 25 heavy (non-hydrogen) atoms. The summed E-state index contributed by atoms with van der Waals surface area (Å²) in [5.74, 6) is 0.119. The van der Waals surface area contributed by atoms with Gasteiger partial charge in [0.1, 0.15) is 0 Å². The quantitative estimate of drug-likeness (QED) is 0.785. The van der Waals surface area contributed by atoms with Crippen molar-refractivity contribution in [2.75, 3.05) is 31.1 Å². The molecule has 0 aliphatic carbocycles. The maximum Gasteiger partial charge on any atom is 0.276 e. The minimum Gasteiger partial charge on any atom is -0.336 e. The van der Waals surface area contributed by atoms with Crippen LogP contribution in [0.3, 0.4) is 0 Å². The van der Waals surface area contributed by atoms with Gasteiger partial charge in [-0.3, -0.25) is 9.48 Å². The average Bonchev–Trinajstić information content (AvgIpc) is 3.11. The monoisotopic (exact) mass is 367 g/mol. The number of thioether (sulfide) groups is 1. The van der Waals surface area contributed by atoms with Crippen LogP contribution in [0.25, 0.3) is 0 Å². The summed E-state index contributed by atoms with van der Waals surface area (Å²) < 4.78 is 27.6. The molecule has 3 rings (SSSR count). The maximum absolute atomic E-state index is 13.1. The first kappa shape index (κ1) is 17.8. The van der Waals surface area contributed by atoms with Crippen LogP contribution in [0.5, 0.6) is 0 Å². The van der Waals surface area contributed by atoms with Crippen molar-refractivity contribution >= 4 is 17.7 Å². The van der Waals surface area contributed by atoms with Crippen molar-refractivity contribution in [2.45, 2.75) is 13.1 Å². The van der Waals surface area contributed by atoms with Gasteiger partial charge in [0.25, 0.3) is 5.91 Å². The molecule has 9 heteroatoms. The van der Waals surface area contributed by atoms with Crippen molar-refractivity contribution in [2.24, 2.45) is 0 Å². The van der Waals surface area contributed by atoms with Crippen LogP contribution in [0.2, 0.25) is 0 Å². The van der Waals surface area contributed by atoms with Gasteiger partial charge in [-0.1, -0.05) is 11.3 Å². The van der Waals surface area contributed by atoms with Gasteiger partial charge in [0.15, 0.2) is 17.3 Å². The second-order valence-corrected chi connectivity index (χ2v) is 6.92. The minimum absolute atomic E-state index is 0.0821. The Labute approximate surface area is 148 Å². The molecule has 1 saturated heterocycles. The number of nitrogens with zero attached hydrogens (tertiary/aromatic N) is 4. The fourth-order valence-corrected chi connectivity index (χ4v) is 3.41. The number of hydrogen-bond acceptors (Lipinski definition) is 5. The number of carbonyl (C=O) groups excluding carboxylic acids is 1. The summed E-state index contributed by atoms with van der Waals surface area (Å²) in [6, 6.07) is 3.82. The summed E-state index contributed by atoms with van der Waals surface area (Å²) in [5, 5.41) is 11.0. The highest BCUT2D eigenvalue weighted by Crippen LogP contribution is 2.12. The largest absolute Gasteiger partial charge is 0.336 e. The van der Waals surface area contributed by atoms with Crippen LogP contribution in [0, 0.1) is 11.6 Å². The number of rotatable bonds is 6. The number of hydrogen-bond donors (Lipinski definition) is 1. The third kappa shape index (κ3) is 4.76. The molecule has 2 heterocycles. The molecule has 0 radical (unpaired) electrons. The minimum atomic E-state index is -0.852. The molecular weight excluding hydrogens is 348 g/mol. The van der Waals surface area contributed by atoms with Crippen molar-refractivity contribution in [3.63, 3.8) is 0 Å². The third-order valence-corrected chi connectivity index (χ3v) is 4.83. The molecule has 1 fully saturated rings. The first-order valence-corrected chi connectivity index (χ1v) is 9.21. The predicted molar refractivity (Wildman–Crippen MR) is 91.3 cm³/mol. The number of aromatic nitrogens is 3. The van der Waals surface area contributed by atoms with Crippen molar-refractivity contribution in [1.82, 2.24) is 25.2 Å². The zero-order chi connectivity index (χ0) is 17.6. The fourth-order valence-electron chi connectivity index (χ4n) is 2.51. The van der Waals surface area contributed by atoms with Crippen molar-refractivity contribution in [3.05, 3.63) is 47.3 Å². The summed E-state index contributed by atoms with van der Waals surface area (Å²) in [4.78, 5) is 14.1. The summed E-state index contributed by atoms with van der Waals surface area (Å²) >= 11 is 1.84. The number of amides is 1. The molecule has 0 spiro atoms. The Hall–Kier alpha value is -2.00. The van der Waals surface area contributed by atoms with Gasteiger partial charge in [0, 0.05) is 37.7 Å². The van der Waals surface area contributed by atoms with E-state index < -0.39 is 11.6 Å². The van der Waals surface area contributed by atoms with Gasteiger partial charge in [0.05, 0.1) is 12.7 Å². The summed E-state index contributed by atoms with van der Waals surface area (Å²) in [7, 11) is 0. The van der Waals surface area contributed by atoms with E-state index in [4.69, 9.17) is 0 Å². The first-order valence-electron chi connectivity index (χ1n) is 8.05. The van der Waals surface area contributed by atoms with E-state index in [1.807, 2.05) is 11.8 Å². The highest BCUT2D eigenvalue weighted by molar-refractivity contribution is 7.99. The molecule has 1 aromatic heterocycles. The highest BCUT2D eigenvalue weighted by atomic mass is 32.2. The normalized spacial score (nSPS) is 14.7. The molecule has 0 saturated carbocycles. The lowest BCUT2D eigenvalue weighted by Gasteiger charge is -2.25. The topological polar surface area (TPSA) is 63.1 Å². The van der Waals surface area contributed by atoms with Crippen LogP contribution in [0.15, 0.2) is 24.4 Å². The molecule has 1 aromatic carbocycles. The van der Waals surface area contributed by atoms with E-state index in [0.29, 0.717) is 30.9 Å². The predicted octanol–water partition coefficient (Wildman–Crippen LogP) is 1.54. The SMILES string of the molecule is O=C(c1cn(CCNCc2ccc(F)c(F)c2)nn1)N1CCSCC1. The number of benzene rings is 1. The van der Waals surface area contributed by atoms with Gasteiger partial charge in [0.2, 0.25) is 0 Å². The molecule has 1 N–H and O–H groups in total. The highest BCUT2D eigenvalue weighted by Gasteiger charge is 2.20. The van der Waals surface area contributed by atoms with E-state index in [2.05, 4.69) is 15.6 Å². The van der Waals surface area contributed by atoms with Crippen LogP contribution in [0.1, 0.15) is 16.1 Å². The van der Waals surface area contributed by atoms with E-state index in [1.165, 1.54) is 12.1 Å². The molecule has 0 unspecified atom stereocenters. The van der Waals surface area contributed by atoms with Crippen LogP contribution in [0.4, 0.5) is 8.78 Å². The van der Waals surface area contributed by atoms with Crippen molar-refractivity contribution < 1.29 is 13.6 Å². The Bertz CT molecular complexity index is 733. The van der Waals surface area contributed by atoms with E-state index in [1.54, 1.807) is 15.8 Å². The smallest absolute Gasteiger partial charge is 0.276 e. The van der Waals surface area contributed by atoms with Crippen molar-refractivity contribution in [3.8, 4) is 0 Å². The standard InChI is InChI=1S/C16H19F2N5OS/c17-13-2-1-12(9-14(13)18)10-19-3-4-23-11-15(20-21-23)16(24)22-5-7-25-8-6-22/h1-2,9,11,19H,3-8,10H2. The first-order chi connectivity index (χ1) is 12.1. The van der Waals surface area contributed by atoms with E-state index in [-0.39, 0.29) is 5.91 Å². The Kier molecular flexibility index (Phi) is 5.98. The van der Waals surface area contributed by atoms with Crippen LogP contribution < -0.4 is 5.32 Å². The molecule has 0 bridgehead atoms. The third-order valence-electron chi connectivity index (χ3n) is 3.89. The Morgan fingerprint density at radius 2 is 2.04 bits per heavy atom. The fraction of sp³-hybridized carbons (Fsp3) is 0.438. The van der Waals surface area contributed by atoms with Crippen LogP contribution in [-0.2, 0) is 13.1 Å². The number of halogens is 2. The van der Waals surface area contributed by atoms with Crippen LogP contribution in [-0.4, -0.2) is 56.9 Å². The molecule has 2 aromatic rings. The van der Waals surface area contributed by atoms with Gasteiger partial charge < -0.3 is 10.2 Å². The van der Waals surface area contributed by atoms with Gasteiger partial charge in [-0.25, -0.2) is 8.78 Å². The molecule has 6 nitrogen and oxygen atoms in total. The van der Waals surface area contributed by atoms with Gasteiger partial charge in [-0.05, 0) is 17.7 Å². The Morgan fingerprint density at radius 3 is 2.80 bits per heavy atom. The molecular formula is C16H19F2N5OS. The van der Waals surface area contributed by atoms with E-state index in [9.17, 15) is 13.6 Å². The summed E-state index contributed by atoms with van der Waals surface area (Å²) in [6.45, 7) is 3.00. The maximum atomic E-state index is 13.1. The summed E-state index contributed by atoms with van der Waals surface area (Å²) in [5.41, 5.74) is 1.02. The van der Waals surface area contributed by atoms with Gasteiger partial charge in [-0.2, -0.15) is 11.8 Å². The lowest BCUT2D eigenvalue weighted by molar-refractivity contribution is 0.0766. The molecule has 1 aliphatic rings. The molecule has 1 aliphatic heterocycles. The second kappa shape index (κ2) is 8.39. The average molecular weight is 367 g/mol. The number of nitrogens with one attached hydrogen (secondary N) is 1. The molecule has 1 amide bonds.